The molecular formula is C33H59IN6+2. The number of rotatable bonds is 11. The number of halogens is 1. The fraction of sp³-hybridized carbons (Fsp3) is 0.636. The van der Waals surface area contributed by atoms with E-state index >= 15 is 0 Å². The highest BCUT2D eigenvalue weighted by atomic mass is 127. The lowest BCUT2D eigenvalue weighted by atomic mass is 10.1. The Labute approximate surface area is 262 Å². The summed E-state index contributed by atoms with van der Waals surface area (Å²) in [5, 5.41) is 0. The molecule has 2 aromatic carbocycles. The van der Waals surface area contributed by atoms with Crippen molar-refractivity contribution in [2.75, 3.05) is 88.7 Å². The second-order valence-electron chi connectivity index (χ2n) is 13.0. The third kappa shape index (κ3) is 9.98. The molecule has 0 bridgehead atoms. The lowest BCUT2D eigenvalue weighted by molar-refractivity contribution is -0.912. The van der Waals surface area contributed by atoms with Crippen LogP contribution in [-0.4, -0.2) is 88.5 Å². The highest BCUT2D eigenvalue weighted by Gasteiger charge is 2.35. The molecule has 0 aromatic heterocycles. The summed E-state index contributed by atoms with van der Waals surface area (Å²) in [6.45, 7) is 11.8. The molecule has 0 saturated carbocycles. The highest BCUT2D eigenvalue weighted by molar-refractivity contribution is 14.0. The Kier molecular flexibility index (Phi) is 13.9. The number of likely N-dealkylation sites (N-methyl/N-ethyl adjacent to an activating group) is 2. The number of hydrogen-bond donors (Lipinski definition) is 2. The van der Waals surface area contributed by atoms with Crippen LogP contribution in [0.4, 0.5) is 22.7 Å². The van der Waals surface area contributed by atoms with E-state index in [1.54, 1.807) is 0 Å². The lowest BCUT2D eigenvalue weighted by Gasteiger charge is -2.36. The number of unbranched alkanes of at least 4 members (excludes halogenated alkanes) is 3. The number of quaternary nitrogens is 2. The van der Waals surface area contributed by atoms with Crippen LogP contribution in [0.25, 0.3) is 0 Å². The summed E-state index contributed by atoms with van der Waals surface area (Å²) in [7, 11) is 9.55. The van der Waals surface area contributed by atoms with Gasteiger partial charge in [-0.25, -0.2) is 0 Å². The molecule has 7 heteroatoms. The number of benzene rings is 2. The third-order valence-corrected chi connectivity index (χ3v) is 9.25. The molecule has 2 aromatic rings. The summed E-state index contributed by atoms with van der Waals surface area (Å²) in [4.78, 5) is 5.00. The normalized spacial score (nSPS) is 19.2. The van der Waals surface area contributed by atoms with Gasteiger partial charge >= 0.3 is 0 Å². The maximum atomic E-state index is 5.77. The third-order valence-electron chi connectivity index (χ3n) is 9.25. The van der Waals surface area contributed by atoms with Crippen LogP contribution in [0.5, 0.6) is 0 Å². The zero-order valence-corrected chi connectivity index (χ0v) is 28.6. The van der Waals surface area contributed by atoms with Gasteiger partial charge in [-0.05, 0) is 67.8 Å². The molecule has 0 radical (unpaired) electrons. The molecule has 2 aliphatic heterocycles. The van der Waals surface area contributed by atoms with Gasteiger partial charge in [0.25, 0.3) is 0 Å². The Morgan fingerprint density at radius 3 is 1.38 bits per heavy atom. The van der Waals surface area contributed by atoms with Gasteiger partial charge < -0.3 is 30.2 Å². The van der Waals surface area contributed by atoms with Crippen LogP contribution in [0.2, 0.25) is 0 Å². The van der Waals surface area contributed by atoms with Crippen LogP contribution >= 0.6 is 24.0 Å². The minimum absolute atomic E-state index is 0. The highest BCUT2D eigenvalue weighted by Crippen LogP contribution is 2.27. The average molecular weight is 667 g/mol. The number of anilines is 4. The fourth-order valence-electron chi connectivity index (χ4n) is 6.16. The molecule has 0 spiro atoms. The second kappa shape index (κ2) is 16.1. The largest absolute Gasteiger partial charge is 0.399 e. The summed E-state index contributed by atoms with van der Waals surface area (Å²) < 4.78 is 2.31. The molecular weight excluding hydrogens is 607 g/mol. The van der Waals surface area contributed by atoms with E-state index in [2.05, 4.69) is 76.1 Å². The monoisotopic (exact) mass is 666 g/mol. The lowest BCUT2D eigenvalue weighted by Crippen LogP contribution is -2.50. The van der Waals surface area contributed by atoms with Crippen LogP contribution in [0.15, 0.2) is 48.5 Å². The first-order chi connectivity index (χ1) is 18.6. The second-order valence-corrected chi connectivity index (χ2v) is 13.0. The van der Waals surface area contributed by atoms with Crippen molar-refractivity contribution in [3.8, 4) is 0 Å². The van der Waals surface area contributed by atoms with E-state index in [1.165, 1.54) is 95.6 Å². The molecule has 2 saturated heterocycles. The topological polar surface area (TPSA) is 58.5 Å². The predicted octanol–water partition coefficient (Wildman–Crippen LogP) is 6.46. The van der Waals surface area contributed by atoms with Gasteiger partial charge in [-0.15, -0.1) is 24.0 Å². The predicted molar refractivity (Wildman–Crippen MR) is 187 cm³/mol. The summed E-state index contributed by atoms with van der Waals surface area (Å²) in [5.74, 6) is 0. The van der Waals surface area contributed by atoms with Crippen molar-refractivity contribution in [1.29, 1.82) is 0 Å². The Balaban J connectivity index is 0.000000274. The van der Waals surface area contributed by atoms with E-state index in [1.807, 2.05) is 24.3 Å². The van der Waals surface area contributed by atoms with E-state index in [-0.39, 0.29) is 24.0 Å². The minimum Gasteiger partial charge on any atom is -0.399 e. The fourth-order valence-corrected chi connectivity index (χ4v) is 6.16. The zero-order valence-electron chi connectivity index (χ0n) is 26.3. The molecule has 0 amide bonds. The van der Waals surface area contributed by atoms with E-state index < -0.39 is 0 Å². The van der Waals surface area contributed by atoms with Gasteiger partial charge in [0.1, 0.15) is 12.1 Å². The number of nitrogen functional groups attached to an aromatic ring is 2. The van der Waals surface area contributed by atoms with E-state index in [0.29, 0.717) is 0 Å². The molecule has 2 aliphatic rings. The summed E-state index contributed by atoms with van der Waals surface area (Å²) in [5.41, 5.74) is 15.8. The summed E-state index contributed by atoms with van der Waals surface area (Å²) >= 11 is 0. The first kappa shape index (κ1) is 34.5. The van der Waals surface area contributed by atoms with Crippen LogP contribution in [0, 0.1) is 0 Å². The number of hydrogen-bond acceptors (Lipinski definition) is 4. The van der Waals surface area contributed by atoms with Crippen molar-refractivity contribution >= 4 is 46.7 Å². The molecule has 2 heterocycles. The first-order valence-electron chi connectivity index (χ1n) is 15.4. The van der Waals surface area contributed by atoms with Crippen LogP contribution < -0.4 is 21.3 Å². The van der Waals surface area contributed by atoms with Gasteiger partial charge in [-0.1, -0.05) is 26.7 Å². The summed E-state index contributed by atoms with van der Waals surface area (Å²) in [6, 6.07) is 18.1. The molecule has 0 aliphatic carbocycles. The van der Waals surface area contributed by atoms with Crippen LogP contribution in [0.1, 0.15) is 58.8 Å². The Morgan fingerprint density at radius 2 is 1.00 bits per heavy atom. The number of nitrogens with zero attached hydrogens (tertiary/aromatic N) is 4. The van der Waals surface area contributed by atoms with E-state index in [4.69, 9.17) is 11.5 Å². The van der Waals surface area contributed by atoms with E-state index in [9.17, 15) is 0 Å². The maximum Gasteiger partial charge on any atom is 0.108 e. The molecule has 6 nitrogen and oxygen atoms in total. The Hall–Kier alpha value is -1.71. The van der Waals surface area contributed by atoms with Gasteiger partial charge in [-0.2, -0.15) is 0 Å². The number of nitrogens with two attached hydrogens (primary N) is 2. The van der Waals surface area contributed by atoms with Crippen molar-refractivity contribution in [2.24, 2.45) is 0 Å². The van der Waals surface area contributed by atoms with Crippen molar-refractivity contribution < 1.29 is 8.97 Å². The van der Waals surface area contributed by atoms with Crippen molar-refractivity contribution in [3.63, 3.8) is 0 Å². The smallest absolute Gasteiger partial charge is 0.108 e. The zero-order chi connectivity index (χ0) is 28.5. The molecule has 2 fully saturated rings. The molecule has 2 unspecified atom stereocenters. The Morgan fingerprint density at radius 1 is 0.625 bits per heavy atom. The molecule has 4 rings (SSSR count). The SMILES string of the molecule is CCCCC[N+](C)(C)C1CCN(c2ccc(N)cc2)C1.CCCC[N+](C)(C)C1CCN(c2ccc(N)cc2)C1.I. The van der Waals surface area contributed by atoms with Crippen molar-refractivity contribution in [2.45, 2.75) is 70.9 Å². The van der Waals surface area contributed by atoms with Gasteiger partial charge in [0.05, 0.1) is 54.4 Å². The van der Waals surface area contributed by atoms with Gasteiger partial charge in [0.15, 0.2) is 0 Å². The Bertz CT molecular complexity index is 975. The van der Waals surface area contributed by atoms with Gasteiger partial charge in [0, 0.05) is 48.7 Å². The van der Waals surface area contributed by atoms with Crippen molar-refractivity contribution in [3.05, 3.63) is 48.5 Å². The summed E-state index contributed by atoms with van der Waals surface area (Å²) in [6.07, 6.45) is 9.21. The molecule has 40 heavy (non-hydrogen) atoms. The van der Waals surface area contributed by atoms with Crippen LogP contribution in [0.3, 0.4) is 0 Å². The quantitative estimate of drug-likeness (QED) is 0.125. The maximum absolute atomic E-state index is 5.77. The van der Waals surface area contributed by atoms with Crippen molar-refractivity contribution in [1.82, 2.24) is 0 Å². The average Bonchev–Trinajstić information content (AvgIpc) is 3.61. The molecule has 226 valence electrons. The van der Waals surface area contributed by atoms with Gasteiger partial charge in [-0.3, -0.25) is 0 Å². The minimum atomic E-state index is 0. The van der Waals surface area contributed by atoms with E-state index in [0.717, 1.165) is 32.4 Å². The standard InChI is InChI=1S/C17H30N3.C16H28N3.HI/c1-4-5-6-13-20(2,3)17-11-12-19(14-17)16-9-7-15(18)8-10-16;1-4-5-12-19(2,3)16-10-11-18(13-16)15-8-6-14(17)7-9-15;/h7-10,17H,4-6,11-14,18H2,1-3H3;6-9,16H,4-5,10-13,17H2,1-3H3;1H/q2*+1;. The molecule has 4 N–H and O–H groups in total. The molecule has 2 atom stereocenters. The first-order valence-corrected chi connectivity index (χ1v) is 15.4. The van der Waals surface area contributed by atoms with Crippen LogP contribution in [-0.2, 0) is 0 Å². The van der Waals surface area contributed by atoms with Gasteiger partial charge in [0.2, 0.25) is 0 Å².